The summed E-state index contributed by atoms with van der Waals surface area (Å²) in [5.41, 5.74) is 1.26. The van der Waals surface area contributed by atoms with Crippen molar-refractivity contribution in [2.45, 2.75) is 5.33 Å². The van der Waals surface area contributed by atoms with E-state index in [4.69, 9.17) is 0 Å². The van der Waals surface area contributed by atoms with Crippen LogP contribution < -0.4 is 0 Å². The highest BCUT2D eigenvalue weighted by molar-refractivity contribution is 9.13. The lowest BCUT2D eigenvalue weighted by atomic mass is 10.2. The second-order valence-corrected chi connectivity index (χ2v) is 4.05. The monoisotopic (exact) mass is 326 g/mol. The highest BCUT2D eigenvalue weighted by Gasteiger charge is 1.99. The van der Waals surface area contributed by atoms with Crippen molar-refractivity contribution in [1.29, 1.82) is 0 Å². The number of hydrogen-bond donors (Lipinski definition) is 0. The maximum atomic E-state index is 3.46. The fourth-order valence-corrected chi connectivity index (χ4v) is 2.31. The van der Waals surface area contributed by atoms with Gasteiger partial charge in [-0.25, -0.2) is 0 Å². The molecule has 0 atom stereocenters. The van der Waals surface area contributed by atoms with Crippen LogP contribution in [0.4, 0.5) is 0 Å². The molecule has 1 aromatic carbocycles. The fourth-order valence-electron chi connectivity index (χ4n) is 0.652. The second kappa shape index (κ2) is 3.88. The van der Waals surface area contributed by atoms with E-state index in [0.717, 1.165) is 14.3 Å². The lowest BCUT2D eigenvalue weighted by Gasteiger charge is -2.00. The van der Waals surface area contributed by atoms with Crippen LogP contribution >= 0.6 is 47.8 Å². The van der Waals surface area contributed by atoms with Gasteiger partial charge in [-0.2, -0.15) is 0 Å². The Hall–Kier alpha value is 0.660. The van der Waals surface area contributed by atoms with Crippen molar-refractivity contribution in [3.63, 3.8) is 0 Å². The average Bonchev–Trinajstić information content (AvgIpc) is 1.95. The molecule has 0 aliphatic carbocycles. The van der Waals surface area contributed by atoms with Crippen LogP contribution in [0.3, 0.4) is 0 Å². The molecule has 0 unspecified atom stereocenters. The molecule has 0 bridgehead atoms. The molecule has 0 N–H and O–H groups in total. The van der Waals surface area contributed by atoms with Gasteiger partial charge in [0, 0.05) is 14.3 Å². The van der Waals surface area contributed by atoms with Gasteiger partial charge in [-0.3, -0.25) is 0 Å². The van der Waals surface area contributed by atoms with Gasteiger partial charge < -0.3 is 0 Å². The van der Waals surface area contributed by atoms with Gasteiger partial charge in [0.2, 0.25) is 0 Å². The first kappa shape index (κ1) is 8.75. The Morgan fingerprint density at radius 3 is 2.40 bits per heavy atom. The van der Waals surface area contributed by atoms with E-state index in [9.17, 15) is 0 Å². The van der Waals surface area contributed by atoms with Crippen molar-refractivity contribution in [3.05, 3.63) is 32.7 Å². The van der Waals surface area contributed by atoms with Crippen LogP contribution in [0.5, 0.6) is 0 Å². The van der Waals surface area contributed by atoms with Crippen LogP contribution in [-0.2, 0) is 5.33 Å². The summed E-state index contributed by atoms with van der Waals surface area (Å²) in [4.78, 5) is 0. The normalized spacial score (nSPS) is 9.90. The summed E-state index contributed by atoms with van der Waals surface area (Å²) in [7, 11) is 0. The minimum absolute atomic E-state index is 0.882. The van der Waals surface area contributed by atoms with Crippen LogP contribution in [-0.4, -0.2) is 0 Å². The molecule has 0 amide bonds. The first-order valence-electron chi connectivity index (χ1n) is 2.74. The summed E-state index contributed by atoms with van der Waals surface area (Å²) < 4.78 is 2.23. The molecule has 54 valence electrons. The van der Waals surface area contributed by atoms with Crippen molar-refractivity contribution in [1.82, 2.24) is 0 Å². The number of rotatable bonds is 1. The zero-order valence-electron chi connectivity index (χ0n) is 5.07. The maximum absolute atomic E-state index is 3.46. The van der Waals surface area contributed by atoms with Crippen LogP contribution in [0.15, 0.2) is 27.1 Å². The van der Waals surface area contributed by atoms with Gasteiger partial charge >= 0.3 is 0 Å². The predicted molar refractivity (Wildman–Crippen MR) is 54.5 cm³/mol. The Kier molecular flexibility index (Phi) is 3.40. The zero-order chi connectivity index (χ0) is 7.56. The highest BCUT2D eigenvalue weighted by Crippen LogP contribution is 2.27. The number of hydrogen-bond acceptors (Lipinski definition) is 0. The fraction of sp³-hybridized carbons (Fsp3) is 0.143. The van der Waals surface area contributed by atoms with Gasteiger partial charge in [0.25, 0.3) is 0 Å². The maximum Gasteiger partial charge on any atom is 0.0357 e. The molecule has 1 rings (SSSR count). The Morgan fingerprint density at radius 2 is 1.90 bits per heavy atom. The molecule has 0 nitrogen and oxygen atoms in total. The molecule has 0 fully saturated rings. The quantitative estimate of drug-likeness (QED) is 0.681. The molecule has 0 aromatic heterocycles. The number of halogens is 3. The molecule has 0 saturated heterocycles. The van der Waals surface area contributed by atoms with Gasteiger partial charge in [-0.05, 0) is 43.5 Å². The van der Waals surface area contributed by atoms with Gasteiger partial charge in [-0.15, -0.1) is 0 Å². The third kappa shape index (κ3) is 1.83. The summed E-state index contributed by atoms with van der Waals surface area (Å²) in [5.74, 6) is 0. The molecule has 3 heteroatoms. The average molecular weight is 329 g/mol. The Labute approximate surface area is 85.4 Å². The van der Waals surface area contributed by atoms with E-state index in [1.807, 2.05) is 12.1 Å². The summed E-state index contributed by atoms with van der Waals surface area (Å²) in [6, 6.07) is 6.10. The van der Waals surface area contributed by atoms with Gasteiger partial charge in [-0.1, -0.05) is 28.1 Å². The van der Waals surface area contributed by atoms with Gasteiger partial charge in [0.05, 0.1) is 0 Å². The molecule has 1 aromatic rings. The van der Waals surface area contributed by atoms with E-state index in [0.29, 0.717) is 0 Å². The van der Waals surface area contributed by atoms with E-state index in [-0.39, 0.29) is 0 Å². The topological polar surface area (TPSA) is 0 Å². The van der Waals surface area contributed by atoms with Crippen LogP contribution in [0.2, 0.25) is 0 Å². The van der Waals surface area contributed by atoms with Crippen molar-refractivity contribution in [2.75, 3.05) is 0 Å². The van der Waals surface area contributed by atoms with E-state index in [2.05, 4.69) is 53.9 Å². The first-order valence-corrected chi connectivity index (χ1v) is 5.45. The van der Waals surface area contributed by atoms with Crippen molar-refractivity contribution in [2.24, 2.45) is 0 Å². The number of benzene rings is 1. The molecule has 0 radical (unpaired) electrons. The first-order chi connectivity index (χ1) is 4.75. The molecule has 0 saturated carbocycles. The van der Waals surface area contributed by atoms with Crippen molar-refractivity contribution in [3.8, 4) is 0 Å². The van der Waals surface area contributed by atoms with Crippen LogP contribution in [0.1, 0.15) is 5.56 Å². The predicted octanol–water partition coefficient (Wildman–Crippen LogP) is 4.11. The minimum atomic E-state index is 0.882. The van der Waals surface area contributed by atoms with E-state index >= 15 is 0 Å². The molecule has 0 heterocycles. The Morgan fingerprint density at radius 1 is 1.20 bits per heavy atom. The van der Waals surface area contributed by atoms with E-state index in [1.54, 1.807) is 0 Å². The summed E-state index contributed by atoms with van der Waals surface area (Å²) in [6.07, 6.45) is 0. The summed E-state index contributed by atoms with van der Waals surface area (Å²) in [6.45, 7) is 0. The smallest absolute Gasteiger partial charge is 0.0357 e. The van der Waals surface area contributed by atoms with Crippen molar-refractivity contribution < 1.29 is 0 Å². The molecule has 0 aliphatic heterocycles. The second-order valence-electron chi connectivity index (χ2n) is 1.85. The molecule has 0 aliphatic rings. The van der Waals surface area contributed by atoms with Crippen LogP contribution in [0, 0.1) is 0 Å². The Balaban J connectivity index is 3.14. The highest BCUT2D eigenvalue weighted by atomic mass is 79.9. The molecular weight excluding hydrogens is 324 g/mol. The third-order valence-corrected chi connectivity index (χ3v) is 3.91. The number of alkyl halides is 1. The SMILES string of the molecule is BrCc1cccc(Br)c1Br. The van der Waals surface area contributed by atoms with E-state index < -0.39 is 0 Å². The van der Waals surface area contributed by atoms with Crippen LogP contribution in [0.25, 0.3) is 0 Å². The third-order valence-electron chi connectivity index (χ3n) is 1.18. The van der Waals surface area contributed by atoms with Gasteiger partial charge in [0.1, 0.15) is 0 Å². The summed E-state index contributed by atoms with van der Waals surface area (Å²) in [5, 5.41) is 0.882. The molecule has 10 heavy (non-hydrogen) atoms. The standard InChI is InChI=1S/C7H5Br3/c8-4-5-2-1-3-6(9)7(5)10/h1-3H,4H2. The largest absolute Gasteiger partial charge is 0.0876 e. The molecule has 0 spiro atoms. The molecular formula is C7H5Br3. The van der Waals surface area contributed by atoms with E-state index in [1.165, 1.54) is 5.56 Å². The summed E-state index contributed by atoms with van der Waals surface area (Å²) >= 11 is 10.3. The Bertz CT molecular complexity index is 232. The lowest BCUT2D eigenvalue weighted by Crippen LogP contribution is -1.79. The van der Waals surface area contributed by atoms with Crippen molar-refractivity contribution >= 4 is 47.8 Å². The zero-order valence-corrected chi connectivity index (χ0v) is 9.83. The minimum Gasteiger partial charge on any atom is -0.0876 e. The lowest BCUT2D eigenvalue weighted by molar-refractivity contribution is 1.38. The van der Waals surface area contributed by atoms with Gasteiger partial charge in [0.15, 0.2) is 0 Å².